The molecule has 0 aliphatic carbocycles. The minimum absolute atomic E-state index is 0.121. The van der Waals surface area contributed by atoms with Crippen molar-refractivity contribution < 1.29 is 14.3 Å². The molecule has 0 saturated heterocycles. The summed E-state index contributed by atoms with van der Waals surface area (Å²) >= 11 is 1.53. The molecule has 6 heteroatoms. The largest absolute Gasteiger partial charge is 0.497 e. The van der Waals surface area contributed by atoms with Crippen LogP contribution in [0.4, 0.5) is 5.69 Å². The lowest BCUT2D eigenvalue weighted by molar-refractivity contribution is -0.113. The average Bonchev–Trinajstić information content (AvgIpc) is 3.00. The molecule has 2 aromatic carbocycles. The summed E-state index contributed by atoms with van der Waals surface area (Å²) in [6.07, 6.45) is 1.81. The molecule has 0 spiro atoms. The van der Waals surface area contributed by atoms with E-state index in [-0.39, 0.29) is 5.91 Å². The lowest BCUT2D eigenvalue weighted by Gasteiger charge is -2.19. The number of anilines is 1. The Balaban J connectivity index is 1.92. The SMILES string of the molecule is CCOCCSC1=N/C(=C/c2ccc(OC)cc2)C(=O)N1c1cc(C)cc(C)c1. The Morgan fingerprint density at radius 3 is 2.41 bits per heavy atom. The van der Waals surface area contributed by atoms with Gasteiger partial charge in [-0.15, -0.1) is 0 Å². The quantitative estimate of drug-likeness (QED) is 0.485. The van der Waals surface area contributed by atoms with E-state index in [2.05, 4.69) is 11.1 Å². The summed E-state index contributed by atoms with van der Waals surface area (Å²) in [5.74, 6) is 1.39. The molecule has 1 heterocycles. The zero-order valence-corrected chi connectivity index (χ0v) is 18.1. The van der Waals surface area contributed by atoms with Crippen LogP contribution in [0.3, 0.4) is 0 Å². The highest BCUT2D eigenvalue weighted by molar-refractivity contribution is 8.14. The smallest absolute Gasteiger partial charge is 0.283 e. The van der Waals surface area contributed by atoms with Crippen molar-refractivity contribution in [2.24, 2.45) is 4.99 Å². The van der Waals surface area contributed by atoms with Gasteiger partial charge in [-0.05, 0) is 67.8 Å². The number of hydrogen-bond donors (Lipinski definition) is 0. The number of ether oxygens (including phenoxy) is 2. The maximum atomic E-state index is 13.2. The van der Waals surface area contributed by atoms with Crippen molar-refractivity contribution in [3.8, 4) is 5.75 Å². The Hall–Kier alpha value is -2.57. The van der Waals surface area contributed by atoms with Gasteiger partial charge in [0, 0.05) is 12.4 Å². The van der Waals surface area contributed by atoms with Crippen LogP contribution in [-0.4, -0.2) is 37.2 Å². The maximum absolute atomic E-state index is 13.2. The number of aryl methyl sites for hydroxylation is 2. The summed E-state index contributed by atoms with van der Waals surface area (Å²) in [4.78, 5) is 19.6. The van der Waals surface area contributed by atoms with E-state index in [4.69, 9.17) is 9.47 Å². The Kier molecular flexibility index (Phi) is 7.12. The Morgan fingerprint density at radius 1 is 1.10 bits per heavy atom. The van der Waals surface area contributed by atoms with E-state index in [1.54, 1.807) is 12.0 Å². The van der Waals surface area contributed by atoms with Gasteiger partial charge in [0.15, 0.2) is 5.17 Å². The lowest BCUT2D eigenvalue weighted by Crippen LogP contribution is -2.30. The minimum atomic E-state index is -0.121. The second-order valence-electron chi connectivity index (χ2n) is 6.73. The van der Waals surface area contributed by atoms with Crippen LogP contribution in [0.25, 0.3) is 6.08 Å². The molecule has 1 aliphatic rings. The van der Waals surface area contributed by atoms with Crippen molar-refractivity contribution in [1.29, 1.82) is 0 Å². The van der Waals surface area contributed by atoms with Gasteiger partial charge in [0.2, 0.25) is 0 Å². The van der Waals surface area contributed by atoms with Crippen molar-refractivity contribution in [3.63, 3.8) is 0 Å². The highest BCUT2D eigenvalue weighted by Gasteiger charge is 2.32. The van der Waals surface area contributed by atoms with Crippen molar-refractivity contribution >= 4 is 34.6 Å². The van der Waals surface area contributed by atoms with Crippen molar-refractivity contribution in [1.82, 2.24) is 0 Å². The van der Waals surface area contributed by atoms with Crippen LogP contribution in [0.1, 0.15) is 23.6 Å². The number of rotatable bonds is 7. The molecule has 0 unspecified atom stereocenters. The molecule has 152 valence electrons. The highest BCUT2D eigenvalue weighted by Crippen LogP contribution is 2.31. The van der Waals surface area contributed by atoms with Crippen LogP contribution in [0.15, 0.2) is 53.2 Å². The van der Waals surface area contributed by atoms with Gasteiger partial charge in [-0.1, -0.05) is 30.0 Å². The molecule has 1 aliphatic heterocycles. The first kappa shape index (κ1) is 21.1. The summed E-state index contributed by atoms with van der Waals surface area (Å²) in [6.45, 7) is 7.33. The number of benzene rings is 2. The van der Waals surface area contributed by atoms with E-state index in [9.17, 15) is 4.79 Å². The molecule has 1 amide bonds. The second-order valence-corrected chi connectivity index (χ2v) is 7.79. The van der Waals surface area contributed by atoms with Crippen LogP contribution in [0.2, 0.25) is 0 Å². The number of carbonyl (C=O) groups excluding carboxylic acids is 1. The van der Waals surface area contributed by atoms with Crippen LogP contribution in [0.5, 0.6) is 5.75 Å². The van der Waals surface area contributed by atoms with E-state index in [0.29, 0.717) is 24.1 Å². The molecule has 0 saturated carbocycles. The molecular formula is C23H26N2O3S. The second kappa shape index (κ2) is 9.76. The normalized spacial score (nSPS) is 15.2. The molecule has 0 bridgehead atoms. The third-order valence-corrected chi connectivity index (χ3v) is 5.28. The van der Waals surface area contributed by atoms with Gasteiger partial charge in [0.25, 0.3) is 5.91 Å². The van der Waals surface area contributed by atoms with E-state index in [1.165, 1.54) is 11.8 Å². The Morgan fingerprint density at radius 2 is 1.79 bits per heavy atom. The van der Waals surface area contributed by atoms with Crippen LogP contribution in [0, 0.1) is 13.8 Å². The van der Waals surface area contributed by atoms with Gasteiger partial charge in [-0.2, -0.15) is 0 Å². The first-order valence-corrected chi connectivity index (χ1v) is 10.6. The lowest BCUT2D eigenvalue weighted by atomic mass is 10.1. The van der Waals surface area contributed by atoms with Crippen LogP contribution in [-0.2, 0) is 9.53 Å². The number of thioether (sulfide) groups is 1. The Bertz CT molecular complexity index is 915. The molecule has 0 N–H and O–H groups in total. The maximum Gasteiger partial charge on any atom is 0.283 e. The molecule has 3 rings (SSSR count). The van der Waals surface area contributed by atoms with Gasteiger partial charge in [0.1, 0.15) is 11.4 Å². The fourth-order valence-electron chi connectivity index (χ4n) is 3.09. The van der Waals surface area contributed by atoms with Crippen LogP contribution < -0.4 is 9.64 Å². The minimum Gasteiger partial charge on any atom is -0.497 e. The molecule has 0 radical (unpaired) electrons. The fourth-order valence-corrected chi connectivity index (χ4v) is 3.96. The molecule has 0 aromatic heterocycles. The van der Waals surface area contributed by atoms with Crippen molar-refractivity contribution in [3.05, 3.63) is 64.9 Å². The van der Waals surface area contributed by atoms with Crippen LogP contribution >= 0.6 is 11.8 Å². The Labute approximate surface area is 176 Å². The number of aliphatic imine (C=N–C) groups is 1. The third-order valence-electron chi connectivity index (χ3n) is 4.38. The molecule has 0 atom stereocenters. The molecule has 5 nitrogen and oxygen atoms in total. The summed E-state index contributed by atoms with van der Waals surface area (Å²) < 4.78 is 10.6. The highest BCUT2D eigenvalue weighted by atomic mass is 32.2. The average molecular weight is 411 g/mol. The summed E-state index contributed by atoms with van der Waals surface area (Å²) in [5, 5.41) is 0.680. The number of hydrogen-bond acceptors (Lipinski definition) is 5. The van der Waals surface area contributed by atoms with Crippen molar-refractivity contribution in [2.45, 2.75) is 20.8 Å². The van der Waals surface area contributed by atoms with E-state index >= 15 is 0 Å². The van der Waals surface area contributed by atoms with Crippen molar-refractivity contribution in [2.75, 3.05) is 31.0 Å². The number of amidine groups is 1. The third kappa shape index (κ3) is 5.28. The van der Waals surface area contributed by atoms with Gasteiger partial charge >= 0.3 is 0 Å². The topological polar surface area (TPSA) is 51.1 Å². The van der Waals surface area contributed by atoms with Gasteiger partial charge < -0.3 is 9.47 Å². The number of carbonyl (C=O) groups is 1. The summed E-state index contributed by atoms with van der Waals surface area (Å²) in [5.41, 5.74) is 4.39. The summed E-state index contributed by atoms with van der Waals surface area (Å²) in [6, 6.07) is 13.7. The molecule has 0 fully saturated rings. The van der Waals surface area contributed by atoms with E-state index in [1.807, 2.05) is 63.2 Å². The number of amides is 1. The molecule has 29 heavy (non-hydrogen) atoms. The van der Waals surface area contributed by atoms with Gasteiger partial charge in [-0.25, -0.2) is 4.99 Å². The van der Waals surface area contributed by atoms with Gasteiger partial charge in [0.05, 0.1) is 19.4 Å². The monoisotopic (exact) mass is 410 g/mol. The number of nitrogens with zero attached hydrogens (tertiary/aromatic N) is 2. The predicted molar refractivity (Wildman–Crippen MR) is 121 cm³/mol. The standard InChI is InChI=1S/C23H26N2O3S/c1-5-28-10-11-29-23-24-21(15-18-6-8-20(27-4)9-7-18)22(26)25(23)19-13-16(2)12-17(3)14-19/h6-9,12-15H,5,10-11H2,1-4H3/b21-15+. The zero-order chi connectivity index (χ0) is 20.8. The van der Waals surface area contributed by atoms with E-state index in [0.717, 1.165) is 33.9 Å². The molecular weight excluding hydrogens is 384 g/mol. The van der Waals surface area contributed by atoms with Gasteiger partial charge in [-0.3, -0.25) is 9.69 Å². The first-order valence-electron chi connectivity index (χ1n) is 9.59. The number of methoxy groups -OCH3 is 1. The first-order chi connectivity index (χ1) is 14.0. The fraction of sp³-hybridized carbons (Fsp3) is 0.304. The zero-order valence-electron chi connectivity index (χ0n) is 17.3. The molecule has 2 aromatic rings. The van der Waals surface area contributed by atoms with E-state index < -0.39 is 0 Å². The summed E-state index contributed by atoms with van der Waals surface area (Å²) in [7, 11) is 1.63. The predicted octanol–water partition coefficient (Wildman–Crippen LogP) is 4.83.